The van der Waals surface area contributed by atoms with Gasteiger partial charge < -0.3 is 29.2 Å². The molecule has 1 aliphatic rings. The van der Waals surface area contributed by atoms with Crippen LogP contribution in [0.2, 0.25) is 0 Å². The van der Waals surface area contributed by atoms with Crippen LogP contribution in [-0.4, -0.2) is 68.7 Å². The van der Waals surface area contributed by atoms with Crippen LogP contribution in [0.5, 0.6) is 17.2 Å². The van der Waals surface area contributed by atoms with Crippen molar-refractivity contribution in [2.24, 2.45) is 12.0 Å². The van der Waals surface area contributed by atoms with Gasteiger partial charge in [-0.15, -0.1) is 0 Å². The summed E-state index contributed by atoms with van der Waals surface area (Å²) in [5.41, 5.74) is 1.96. The molecule has 1 saturated heterocycles. The Labute approximate surface area is 171 Å². The monoisotopic (exact) mass is 403 g/mol. The van der Waals surface area contributed by atoms with E-state index in [2.05, 4.69) is 20.3 Å². The molecule has 1 aromatic heterocycles. The van der Waals surface area contributed by atoms with Crippen LogP contribution in [-0.2, 0) is 18.3 Å². The summed E-state index contributed by atoms with van der Waals surface area (Å²) >= 11 is 0. The lowest BCUT2D eigenvalue weighted by Crippen LogP contribution is -2.47. The van der Waals surface area contributed by atoms with Crippen molar-refractivity contribution in [3.63, 3.8) is 0 Å². The van der Waals surface area contributed by atoms with Gasteiger partial charge in [-0.25, -0.2) is 0 Å². The molecule has 1 N–H and O–H groups in total. The highest BCUT2D eigenvalue weighted by atomic mass is 16.5. The minimum atomic E-state index is -0.0407. The molecule has 1 atom stereocenters. The molecular formula is C20H29N5O4. The molecule has 0 radical (unpaired) electrons. The maximum absolute atomic E-state index is 5.93. The third-order valence-electron chi connectivity index (χ3n) is 4.91. The van der Waals surface area contributed by atoms with Crippen LogP contribution in [0.3, 0.4) is 0 Å². The fourth-order valence-corrected chi connectivity index (χ4v) is 3.40. The molecule has 0 spiro atoms. The van der Waals surface area contributed by atoms with Crippen LogP contribution >= 0.6 is 0 Å². The molecule has 1 unspecified atom stereocenters. The first-order valence-electron chi connectivity index (χ1n) is 9.44. The first kappa shape index (κ1) is 20.8. The van der Waals surface area contributed by atoms with Gasteiger partial charge in [0.1, 0.15) is 23.4 Å². The molecule has 1 aromatic carbocycles. The molecule has 1 fully saturated rings. The Morgan fingerprint density at radius 2 is 1.97 bits per heavy atom. The van der Waals surface area contributed by atoms with Crippen molar-refractivity contribution in [2.45, 2.75) is 12.6 Å². The molecule has 2 aromatic rings. The molecule has 3 rings (SSSR count). The molecule has 0 amide bonds. The predicted octanol–water partition coefficient (Wildman–Crippen LogP) is 1.59. The Morgan fingerprint density at radius 1 is 1.24 bits per heavy atom. The number of aromatic nitrogens is 2. The van der Waals surface area contributed by atoms with Gasteiger partial charge in [-0.1, -0.05) is 0 Å². The maximum Gasteiger partial charge on any atom is 0.194 e. The van der Waals surface area contributed by atoms with Gasteiger partial charge in [0.15, 0.2) is 5.96 Å². The Kier molecular flexibility index (Phi) is 6.82. The lowest BCUT2D eigenvalue weighted by Gasteiger charge is -2.34. The van der Waals surface area contributed by atoms with Crippen LogP contribution in [0.25, 0.3) is 0 Å². The van der Waals surface area contributed by atoms with Crippen molar-refractivity contribution in [2.75, 3.05) is 48.1 Å². The van der Waals surface area contributed by atoms with Crippen LogP contribution in [0, 0.1) is 0 Å². The average Bonchev–Trinajstić information content (AvgIpc) is 3.20. The van der Waals surface area contributed by atoms with Gasteiger partial charge in [-0.05, 0) is 0 Å². The summed E-state index contributed by atoms with van der Waals surface area (Å²) in [5.74, 6) is 2.86. The van der Waals surface area contributed by atoms with Crippen molar-refractivity contribution in [1.29, 1.82) is 0 Å². The van der Waals surface area contributed by atoms with Crippen molar-refractivity contribution in [1.82, 2.24) is 20.0 Å². The van der Waals surface area contributed by atoms with Gasteiger partial charge in [0.25, 0.3) is 0 Å². The number of benzene rings is 1. The molecule has 9 heteroatoms. The third kappa shape index (κ3) is 4.73. The third-order valence-corrected chi connectivity index (χ3v) is 4.91. The van der Waals surface area contributed by atoms with Crippen molar-refractivity contribution in [3.05, 3.63) is 35.7 Å². The minimum Gasteiger partial charge on any atom is -0.496 e. The Morgan fingerprint density at radius 3 is 2.52 bits per heavy atom. The maximum atomic E-state index is 5.93. The molecule has 0 bridgehead atoms. The van der Waals surface area contributed by atoms with E-state index in [1.807, 2.05) is 31.6 Å². The summed E-state index contributed by atoms with van der Waals surface area (Å²) in [5, 5.41) is 7.66. The van der Waals surface area contributed by atoms with E-state index in [1.54, 1.807) is 33.1 Å². The smallest absolute Gasteiger partial charge is 0.194 e. The highest BCUT2D eigenvalue weighted by molar-refractivity contribution is 5.80. The number of guanidine groups is 1. The van der Waals surface area contributed by atoms with Crippen molar-refractivity contribution < 1.29 is 18.9 Å². The molecule has 2 heterocycles. The number of ether oxygens (including phenoxy) is 4. The zero-order valence-electron chi connectivity index (χ0n) is 17.6. The van der Waals surface area contributed by atoms with Gasteiger partial charge in [0.05, 0.1) is 52.8 Å². The lowest BCUT2D eigenvalue weighted by molar-refractivity contribution is -0.00805. The first-order valence-corrected chi connectivity index (χ1v) is 9.44. The largest absolute Gasteiger partial charge is 0.496 e. The number of rotatable bonds is 6. The van der Waals surface area contributed by atoms with E-state index in [0.29, 0.717) is 36.9 Å². The zero-order chi connectivity index (χ0) is 20.8. The fourth-order valence-electron chi connectivity index (χ4n) is 3.40. The Balaban J connectivity index is 1.72. The number of hydrogen-bond donors (Lipinski definition) is 1. The predicted molar refractivity (Wildman–Crippen MR) is 110 cm³/mol. The molecule has 0 aliphatic carbocycles. The average molecular weight is 403 g/mol. The van der Waals surface area contributed by atoms with E-state index in [0.717, 1.165) is 23.6 Å². The Hall–Kier alpha value is -2.94. The Bertz CT molecular complexity index is 826. The molecule has 29 heavy (non-hydrogen) atoms. The number of morpholine rings is 1. The number of nitrogens with one attached hydrogen (secondary N) is 1. The number of methoxy groups -OCH3 is 3. The van der Waals surface area contributed by atoms with Crippen molar-refractivity contribution >= 4 is 5.96 Å². The molecule has 1 aliphatic heterocycles. The van der Waals surface area contributed by atoms with Crippen LogP contribution in [0.15, 0.2) is 29.5 Å². The normalized spacial score (nSPS) is 17.2. The van der Waals surface area contributed by atoms with E-state index < -0.39 is 0 Å². The van der Waals surface area contributed by atoms with Crippen LogP contribution < -0.4 is 19.5 Å². The van der Waals surface area contributed by atoms with Crippen molar-refractivity contribution in [3.8, 4) is 17.2 Å². The molecule has 9 nitrogen and oxygen atoms in total. The van der Waals surface area contributed by atoms with E-state index in [-0.39, 0.29) is 6.10 Å². The summed E-state index contributed by atoms with van der Waals surface area (Å²) < 4.78 is 24.1. The quantitative estimate of drug-likeness (QED) is 0.579. The van der Waals surface area contributed by atoms with Crippen LogP contribution in [0.4, 0.5) is 0 Å². The minimum absolute atomic E-state index is 0.0407. The van der Waals surface area contributed by atoms with Gasteiger partial charge in [-0.3, -0.25) is 9.67 Å². The lowest BCUT2D eigenvalue weighted by atomic mass is 10.1. The fraction of sp³-hybridized carbons (Fsp3) is 0.500. The number of hydrogen-bond acceptors (Lipinski definition) is 6. The summed E-state index contributed by atoms with van der Waals surface area (Å²) in [7, 11) is 8.56. The zero-order valence-corrected chi connectivity index (χ0v) is 17.6. The second-order valence-electron chi connectivity index (χ2n) is 6.66. The summed E-state index contributed by atoms with van der Waals surface area (Å²) in [4.78, 5) is 6.64. The number of aliphatic imine (C=N–C) groups is 1. The summed E-state index contributed by atoms with van der Waals surface area (Å²) in [6.07, 6.45) is 3.79. The van der Waals surface area contributed by atoms with E-state index in [9.17, 15) is 0 Å². The molecule has 158 valence electrons. The second kappa shape index (κ2) is 9.51. The SMILES string of the molecule is CN=C(NCc1c(OC)cc(OC)cc1OC)N1CCOC(c2cnn(C)c2)C1. The van der Waals surface area contributed by atoms with Gasteiger partial charge >= 0.3 is 0 Å². The molecular weight excluding hydrogens is 374 g/mol. The summed E-state index contributed by atoms with van der Waals surface area (Å²) in [6.45, 7) is 2.57. The van der Waals surface area contributed by atoms with Gasteiger partial charge in [0, 0.05) is 44.5 Å². The van der Waals surface area contributed by atoms with E-state index in [4.69, 9.17) is 18.9 Å². The van der Waals surface area contributed by atoms with Gasteiger partial charge in [-0.2, -0.15) is 5.10 Å². The number of aryl methyl sites for hydroxylation is 1. The topological polar surface area (TPSA) is 82.4 Å². The van der Waals surface area contributed by atoms with E-state index >= 15 is 0 Å². The summed E-state index contributed by atoms with van der Waals surface area (Å²) in [6, 6.07) is 3.69. The van der Waals surface area contributed by atoms with E-state index in [1.165, 1.54) is 0 Å². The number of nitrogens with zero attached hydrogens (tertiary/aromatic N) is 4. The van der Waals surface area contributed by atoms with Crippen LogP contribution in [0.1, 0.15) is 17.2 Å². The first-order chi connectivity index (χ1) is 14.1. The highest BCUT2D eigenvalue weighted by Gasteiger charge is 2.25. The highest BCUT2D eigenvalue weighted by Crippen LogP contribution is 2.34. The second-order valence-corrected chi connectivity index (χ2v) is 6.66. The standard InChI is InChI=1S/C20H29N5O4/c1-21-20(25-6-7-29-19(13-25)14-10-23-24(2)12-14)22-11-16-17(27-4)8-15(26-3)9-18(16)28-5/h8-10,12,19H,6-7,11,13H2,1-5H3,(H,21,22). The molecule has 0 saturated carbocycles. The van der Waals surface area contributed by atoms with Gasteiger partial charge in [0.2, 0.25) is 0 Å².